The lowest BCUT2D eigenvalue weighted by molar-refractivity contribution is -0.336. The lowest BCUT2D eigenvalue weighted by atomic mass is 9.73. The highest BCUT2D eigenvalue weighted by Crippen LogP contribution is 2.44. The molecule has 0 aromatic heterocycles. The third kappa shape index (κ3) is 17.6. The first-order valence-electron chi connectivity index (χ1n) is 28.4. The van der Waals surface area contributed by atoms with Gasteiger partial charge in [0.1, 0.15) is 30.5 Å². The molecule has 4 fully saturated rings. The maximum atomic E-state index is 15.6. The lowest BCUT2D eigenvalue weighted by Gasteiger charge is -2.47. The van der Waals surface area contributed by atoms with Gasteiger partial charge in [-0.25, -0.2) is 9.59 Å². The summed E-state index contributed by atoms with van der Waals surface area (Å²) in [5.41, 5.74) is -0.949. The molecule has 4 aliphatic heterocycles. The van der Waals surface area contributed by atoms with Crippen LogP contribution in [0.3, 0.4) is 0 Å². The Kier molecular flexibility index (Phi) is 26.9. The zero-order chi connectivity index (χ0) is 64.9. The van der Waals surface area contributed by atoms with Gasteiger partial charge in [0.05, 0.1) is 99.8 Å². The van der Waals surface area contributed by atoms with Gasteiger partial charge in [-0.1, -0.05) is 71.8 Å². The smallest absolute Gasteiger partial charge is 0.411 e. The number of allylic oxidation sites excluding steroid dienone is 2. The van der Waals surface area contributed by atoms with Crippen molar-refractivity contribution in [3.05, 3.63) is 65.1 Å². The topological polar surface area (TPSA) is 327 Å². The number of Topliss-reactive ketones (excluding diaryl/α,β-unsaturated/α-hetero) is 1. The lowest BCUT2D eigenvalue weighted by Crippen LogP contribution is -2.65. The summed E-state index contributed by atoms with van der Waals surface area (Å²) in [5, 5.41) is 56.8. The van der Waals surface area contributed by atoms with Crippen LogP contribution in [0.4, 0.5) is 10.5 Å². The molecule has 492 valence electrons. The van der Waals surface area contributed by atoms with E-state index in [0.29, 0.717) is 0 Å². The van der Waals surface area contributed by atoms with E-state index in [1.165, 1.54) is 95.7 Å². The van der Waals surface area contributed by atoms with Gasteiger partial charge in [-0.05, 0) is 55.3 Å². The van der Waals surface area contributed by atoms with Crippen molar-refractivity contribution in [3.8, 4) is 35.2 Å². The minimum Gasteiger partial charge on any atom is -0.493 e. The van der Waals surface area contributed by atoms with Crippen LogP contribution < -0.4 is 30.9 Å². The summed E-state index contributed by atoms with van der Waals surface area (Å²) in [6.45, 7) is 12.6. The summed E-state index contributed by atoms with van der Waals surface area (Å²) in [4.78, 5) is 62.5. The number of aliphatic hydroxyl groups excluding tert-OH is 3. The number of ketones is 1. The number of fused-ring (bicyclic) bond motifs is 2. The summed E-state index contributed by atoms with van der Waals surface area (Å²) >= 11 is 1.47. The van der Waals surface area contributed by atoms with Crippen LogP contribution in [-0.4, -0.2) is 226 Å². The number of anilines is 1. The number of benzene rings is 1. The molecule has 0 radical (unpaired) electrons. The van der Waals surface area contributed by atoms with Gasteiger partial charge in [-0.15, -0.1) is 0 Å². The van der Waals surface area contributed by atoms with E-state index >= 15 is 4.79 Å². The van der Waals surface area contributed by atoms with E-state index in [2.05, 4.69) is 51.7 Å². The quantitative estimate of drug-likeness (QED) is 0.0132. The normalized spacial score (nSPS) is 34.4. The molecular formula is C59H80N4O22S4. The molecule has 89 heavy (non-hydrogen) atoms. The van der Waals surface area contributed by atoms with Gasteiger partial charge >= 0.3 is 12.1 Å². The third-order valence-electron chi connectivity index (χ3n) is 15.2. The molecule has 7 rings (SSSR count). The van der Waals surface area contributed by atoms with E-state index < -0.39 is 134 Å². The Labute approximate surface area is 533 Å². The molecule has 6 aliphatic rings. The van der Waals surface area contributed by atoms with Gasteiger partial charge < -0.3 is 92.6 Å². The Morgan fingerprint density at radius 3 is 2.22 bits per heavy atom. The van der Waals surface area contributed by atoms with Crippen LogP contribution in [0.25, 0.3) is 0 Å². The summed E-state index contributed by atoms with van der Waals surface area (Å²) in [7, 11) is 10.8. The van der Waals surface area contributed by atoms with E-state index in [1.54, 1.807) is 20.1 Å². The van der Waals surface area contributed by atoms with Crippen LogP contribution in [0.2, 0.25) is 0 Å². The van der Waals surface area contributed by atoms with E-state index in [-0.39, 0.29) is 88.3 Å². The number of hydrogen-bond acceptors (Lipinski definition) is 28. The van der Waals surface area contributed by atoms with Crippen molar-refractivity contribution in [1.82, 2.24) is 16.1 Å². The standard InChI is InChI=1S/C59H80N4O22S4/c1-28(2)60-36-27-77-43(25-39(36)73-8)83-52-50(66)47(63-85-45-24-37(64)53(86-12)31(5)79-45)29(3)80-57(52)82-38-18-16-14-15-17-20-59(71)34(19-21-88-89-87-13)46(38)48(62-58(70)76-11)51(67)54(59)84-44-26-42(49(65)30(4)78-44)81-56(69)33-22-40(74-9)41(75-10)23-35(33)61-55(68)32(6)72-7/h14-15,19,22-23,28-31,36-39,42-45,47,49-50,52-54,57,60,63-66,71H,6,21,24-27H2,1-5,7-13H3,(H,61,68)(H,62,70)/b15-14-,34-19+/t29?,30-,31+,36-,37-,38?,39-,42-,43-,44-,45-,47+,49-,50+,52+,53+,54-,57-,59+/m0/s1. The second-order valence-electron chi connectivity index (χ2n) is 21.4. The Morgan fingerprint density at radius 2 is 1.56 bits per heavy atom. The molecule has 1 aromatic rings. The van der Waals surface area contributed by atoms with Gasteiger partial charge in [0, 0.05) is 61.4 Å². The molecule has 30 heteroatoms. The highest BCUT2D eigenvalue weighted by molar-refractivity contribution is 9.09. The van der Waals surface area contributed by atoms with Crippen molar-refractivity contribution in [2.75, 3.05) is 65.7 Å². The number of rotatable bonds is 25. The maximum absolute atomic E-state index is 15.6. The molecule has 0 spiro atoms. The monoisotopic (exact) mass is 1320 g/mol. The number of amides is 2. The van der Waals surface area contributed by atoms with Crippen molar-refractivity contribution in [3.63, 3.8) is 0 Å². The summed E-state index contributed by atoms with van der Waals surface area (Å²) in [6, 6.07) is 1.39. The molecule has 0 saturated carbocycles. The van der Waals surface area contributed by atoms with E-state index in [1.807, 2.05) is 33.3 Å². The predicted octanol–water partition coefficient (Wildman–Crippen LogP) is 3.42. The summed E-state index contributed by atoms with van der Waals surface area (Å²) in [6.07, 6.45) is -11.7. The third-order valence-corrected chi connectivity index (χ3v) is 20.2. The van der Waals surface area contributed by atoms with Crippen LogP contribution >= 0.6 is 43.2 Å². The number of nitrogens with one attached hydrogen (secondary N) is 4. The molecule has 26 nitrogen and oxygen atoms in total. The van der Waals surface area contributed by atoms with Gasteiger partial charge in [-0.2, -0.15) is 17.2 Å². The average Bonchev–Trinajstić information content (AvgIpc) is 0.971. The molecule has 8 N–H and O–H groups in total. The number of aliphatic hydroxyl groups is 4. The minimum absolute atomic E-state index is 0.0843. The van der Waals surface area contributed by atoms with Gasteiger partial charge in [0.25, 0.3) is 5.91 Å². The second kappa shape index (κ2) is 33.3. The number of carbonyl (C=O) groups is 4. The first kappa shape index (κ1) is 71.8. The first-order valence-corrected chi connectivity index (χ1v) is 33.8. The first-order chi connectivity index (χ1) is 42.5. The number of esters is 1. The number of thioether (sulfide) groups is 1. The predicted molar refractivity (Wildman–Crippen MR) is 330 cm³/mol. The van der Waals surface area contributed by atoms with Crippen LogP contribution in [0.5, 0.6) is 11.5 Å². The average molecular weight is 1330 g/mol. The van der Waals surface area contributed by atoms with Gasteiger partial charge in [-0.3, -0.25) is 19.7 Å². The minimum atomic E-state index is -2.66. The molecule has 19 atom stereocenters. The SMILES string of the molecule is C=C(OC)C(=O)Nc1cc(OC)c(OC)cc1C(=O)O[C@H]1C[C@H](O[C@H]2C(=O)C(NC(=O)OC)=C3/C(=C\CSSSC)[C@]2(O)C#C/C=C\C#CC3O[C@@H]2OC(C)[C@@H](NO[C@H]3C[C@H](O)[C@H](SC)[C@@H](C)O3)[C@@H](O)[C@H]2O[C@H]2C[C@H](OC)[C@@H](NC(C)C)CO2)O[C@@H](C)[C@@H]1O. The van der Waals surface area contributed by atoms with E-state index in [9.17, 15) is 34.8 Å². The van der Waals surface area contributed by atoms with Crippen molar-refractivity contribution < 1.29 is 106 Å². The Bertz CT molecular complexity index is 2890. The van der Waals surface area contributed by atoms with Crippen LogP contribution in [0, 0.1) is 23.7 Å². The fourth-order valence-electron chi connectivity index (χ4n) is 10.8. The fourth-order valence-corrected chi connectivity index (χ4v) is 14.1. The largest absolute Gasteiger partial charge is 0.493 e. The number of hydroxylamine groups is 1. The van der Waals surface area contributed by atoms with Crippen molar-refractivity contribution in [1.29, 1.82) is 0 Å². The highest BCUT2D eigenvalue weighted by atomic mass is 33.5. The van der Waals surface area contributed by atoms with Crippen LogP contribution in [0.15, 0.2) is 59.5 Å². The number of carbonyl (C=O) groups excluding carboxylic acids is 4. The molecule has 2 amide bonds. The van der Waals surface area contributed by atoms with Gasteiger partial charge in [0.2, 0.25) is 5.78 Å². The molecule has 4 heterocycles. The van der Waals surface area contributed by atoms with Crippen molar-refractivity contribution in [2.24, 2.45) is 0 Å². The number of ether oxygens (including phenoxy) is 13. The maximum Gasteiger partial charge on any atom is 0.411 e. The zero-order valence-electron chi connectivity index (χ0n) is 51.4. The van der Waals surface area contributed by atoms with Crippen molar-refractivity contribution in [2.45, 2.75) is 175 Å². The zero-order valence-corrected chi connectivity index (χ0v) is 54.6. The number of alkyl carbamates (subject to hydrolysis) is 1. The van der Waals surface area contributed by atoms with E-state index in [0.717, 1.165) is 7.11 Å². The molecule has 4 saturated heterocycles. The Balaban J connectivity index is 1.27. The fraction of sp³-hybridized carbons (Fsp3) is 0.627. The van der Waals surface area contributed by atoms with Crippen LogP contribution in [0.1, 0.15) is 64.2 Å². The molecule has 2 unspecified atom stereocenters. The highest BCUT2D eigenvalue weighted by Gasteiger charge is 2.57. The second-order valence-corrected chi connectivity index (χ2v) is 26.8. The molecule has 2 aliphatic carbocycles. The Hall–Kier alpha value is -4.62. The molecule has 2 bridgehead atoms. The van der Waals surface area contributed by atoms with E-state index in [4.69, 9.17) is 66.4 Å². The Morgan fingerprint density at radius 1 is 0.854 bits per heavy atom. The summed E-state index contributed by atoms with van der Waals surface area (Å²) in [5.74, 6) is 8.60. The number of hydrogen-bond donors (Lipinski definition) is 8. The summed E-state index contributed by atoms with van der Waals surface area (Å²) < 4.78 is 77.9. The molecule has 1 aromatic carbocycles. The van der Waals surface area contributed by atoms with Gasteiger partial charge in [0.15, 0.2) is 54.1 Å². The molecular weight excluding hydrogens is 1240 g/mol. The van der Waals surface area contributed by atoms with Crippen LogP contribution in [-0.2, 0) is 66.5 Å². The van der Waals surface area contributed by atoms with Crippen molar-refractivity contribution >= 4 is 72.6 Å². The number of methoxy groups -OCH3 is 5.